The van der Waals surface area contributed by atoms with Gasteiger partial charge in [-0.25, -0.2) is 4.79 Å². The number of ether oxygens (including phenoxy) is 2. The monoisotopic (exact) mass is 544 g/mol. The summed E-state index contributed by atoms with van der Waals surface area (Å²) in [7, 11) is 0. The minimum atomic E-state index is -1.64. The number of para-hydroxylation sites is 1. The Bertz CT molecular complexity index is 1310. The van der Waals surface area contributed by atoms with Gasteiger partial charge in [-0.15, -0.1) is 0 Å². The first-order valence-electron chi connectivity index (χ1n) is 13.5. The quantitative estimate of drug-likeness (QED) is 0.292. The number of anilines is 2. The van der Waals surface area contributed by atoms with Crippen molar-refractivity contribution in [1.82, 2.24) is 10.6 Å². The van der Waals surface area contributed by atoms with Gasteiger partial charge < -0.3 is 30.3 Å². The average Bonchev–Trinajstić information content (AvgIpc) is 3.16. The largest absolute Gasteiger partial charge is 0.352 e. The number of amides is 4. The Hall–Kier alpha value is -4.21. The Kier molecular flexibility index (Phi) is 9.52. The van der Waals surface area contributed by atoms with Crippen molar-refractivity contribution in [3.63, 3.8) is 0 Å². The zero-order chi connectivity index (χ0) is 28.5. The number of urea groups is 1. The number of fused-ring (bicyclic) bond motifs is 1. The summed E-state index contributed by atoms with van der Waals surface area (Å²) in [5.41, 5.74) is 2.01. The standard InChI is InChI=1S/C31H36N4O5/c1-4-39-28(40-5-2)21-35-26-14-10-9-13-25(26)31(29(35)37,19-27(36)32-20-23-11-7-6-8-12-23)34-30(38)33-24-17-15-22(3)16-18-24/h6-18,28H,4-5,19-21H2,1-3H3,(H,32,36)(H2,33,34,38). The van der Waals surface area contributed by atoms with Crippen molar-refractivity contribution >= 4 is 29.2 Å². The van der Waals surface area contributed by atoms with E-state index in [2.05, 4.69) is 16.0 Å². The Morgan fingerprint density at radius 2 is 1.55 bits per heavy atom. The number of nitrogens with zero attached hydrogens (tertiary/aromatic N) is 1. The highest BCUT2D eigenvalue weighted by molar-refractivity contribution is 6.12. The van der Waals surface area contributed by atoms with Crippen molar-refractivity contribution in [3.8, 4) is 0 Å². The molecule has 0 saturated heterocycles. The lowest BCUT2D eigenvalue weighted by Crippen LogP contribution is -2.57. The van der Waals surface area contributed by atoms with Crippen molar-refractivity contribution < 1.29 is 23.9 Å². The molecule has 4 rings (SSSR count). The third-order valence-corrected chi connectivity index (χ3v) is 6.70. The number of carbonyl (C=O) groups is 3. The highest BCUT2D eigenvalue weighted by Crippen LogP contribution is 2.42. The van der Waals surface area contributed by atoms with Crippen molar-refractivity contribution in [3.05, 3.63) is 95.6 Å². The lowest BCUT2D eigenvalue weighted by atomic mass is 9.87. The van der Waals surface area contributed by atoms with Gasteiger partial charge in [0.15, 0.2) is 11.8 Å². The zero-order valence-electron chi connectivity index (χ0n) is 23.1. The molecule has 0 spiro atoms. The van der Waals surface area contributed by atoms with Crippen LogP contribution >= 0.6 is 0 Å². The van der Waals surface area contributed by atoms with Crippen LogP contribution in [0.3, 0.4) is 0 Å². The van der Waals surface area contributed by atoms with Crippen LogP contribution in [0.4, 0.5) is 16.2 Å². The number of rotatable bonds is 12. The van der Waals surface area contributed by atoms with Crippen LogP contribution in [0.1, 0.15) is 37.0 Å². The summed E-state index contributed by atoms with van der Waals surface area (Å²) in [6.45, 7) is 6.85. The van der Waals surface area contributed by atoms with E-state index < -0.39 is 23.8 Å². The predicted molar refractivity (Wildman–Crippen MR) is 154 cm³/mol. The van der Waals surface area contributed by atoms with E-state index in [4.69, 9.17) is 9.47 Å². The molecule has 9 heteroatoms. The molecule has 210 valence electrons. The number of hydrogen-bond donors (Lipinski definition) is 3. The molecule has 0 fully saturated rings. The summed E-state index contributed by atoms with van der Waals surface area (Å²) < 4.78 is 11.4. The normalized spacial score (nSPS) is 16.1. The molecule has 1 unspecified atom stereocenters. The molecule has 1 atom stereocenters. The first kappa shape index (κ1) is 28.8. The second kappa shape index (κ2) is 13.2. The molecule has 0 aliphatic carbocycles. The second-order valence-electron chi connectivity index (χ2n) is 9.56. The van der Waals surface area contributed by atoms with Crippen molar-refractivity contribution in [2.24, 2.45) is 0 Å². The first-order chi connectivity index (χ1) is 19.4. The van der Waals surface area contributed by atoms with Crippen molar-refractivity contribution in [1.29, 1.82) is 0 Å². The second-order valence-corrected chi connectivity index (χ2v) is 9.56. The summed E-state index contributed by atoms with van der Waals surface area (Å²) >= 11 is 0. The molecule has 3 aromatic carbocycles. The van der Waals surface area contributed by atoms with Crippen molar-refractivity contribution in [2.75, 3.05) is 30.0 Å². The van der Waals surface area contributed by atoms with Crippen molar-refractivity contribution in [2.45, 2.75) is 45.6 Å². The van der Waals surface area contributed by atoms with E-state index in [1.54, 1.807) is 30.3 Å². The van der Waals surface area contributed by atoms with Crippen LogP contribution in [0.15, 0.2) is 78.9 Å². The van der Waals surface area contributed by atoms with Gasteiger partial charge in [0.2, 0.25) is 5.91 Å². The molecule has 1 aliphatic heterocycles. The molecule has 0 bridgehead atoms. The molecule has 9 nitrogen and oxygen atoms in total. The van der Waals surface area contributed by atoms with Gasteiger partial charge in [0.25, 0.3) is 5.91 Å². The van der Waals surface area contributed by atoms with Crippen LogP contribution in [0, 0.1) is 6.92 Å². The molecule has 0 radical (unpaired) electrons. The van der Waals surface area contributed by atoms with Gasteiger partial charge in [0.05, 0.1) is 18.7 Å². The molecule has 1 heterocycles. The molecule has 0 saturated carbocycles. The summed E-state index contributed by atoms with van der Waals surface area (Å²) in [6.07, 6.45) is -0.961. The summed E-state index contributed by atoms with van der Waals surface area (Å²) in [5.74, 6) is -0.817. The van der Waals surface area contributed by atoms with Crippen LogP contribution in [0.2, 0.25) is 0 Å². The molecule has 1 aliphatic rings. The van der Waals surface area contributed by atoms with Gasteiger partial charge in [0, 0.05) is 31.0 Å². The van der Waals surface area contributed by atoms with E-state index in [-0.39, 0.29) is 18.9 Å². The highest BCUT2D eigenvalue weighted by atomic mass is 16.7. The van der Waals surface area contributed by atoms with E-state index in [9.17, 15) is 14.4 Å². The molecule has 0 aromatic heterocycles. The summed E-state index contributed by atoms with van der Waals surface area (Å²) in [6, 6.07) is 23.4. The van der Waals surface area contributed by atoms with E-state index in [1.165, 1.54) is 4.90 Å². The Balaban J connectivity index is 1.65. The first-order valence-corrected chi connectivity index (χ1v) is 13.5. The highest BCUT2D eigenvalue weighted by Gasteiger charge is 2.53. The minimum Gasteiger partial charge on any atom is -0.352 e. The number of benzene rings is 3. The third kappa shape index (κ3) is 6.67. The lowest BCUT2D eigenvalue weighted by Gasteiger charge is -2.30. The fraction of sp³-hybridized carbons (Fsp3) is 0.323. The lowest BCUT2D eigenvalue weighted by molar-refractivity contribution is -0.138. The van der Waals surface area contributed by atoms with Gasteiger partial charge in [-0.1, -0.05) is 66.2 Å². The maximum atomic E-state index is 14.3. The van der Waals surface area contributed by atoms with E-state index >= 15 is 0 Å². The number of hydrogen-bond acceptors (Lipinski definition) is 5. The Morgan fingerprint density at radius 1 is 0.900 bits per heavy atom. The topological polar surface area (TPSA) is 109 Å². The molecular formula is C31H36N4O5. The molecular weight excluding hydrogens is 508 g/mol. The van der Waals surface area contributed by atoms with Gasteiger partial charge >= 0.3 is 6.03 Å². The summed E-state index contributed by atoms with van der Waals surface area (Å²) in [5, 5.41) is 8.57. The Labute approximate surface area is 234 Å². The molecule has 4 amide bonds. The number of nitrogens with one attached hydrogen (secondary N) is 3. The minimum absolute atomic E-state index is 0.103. The predicted octanol–water partition coefficient (Wildman–Crippen LogP) is 4.46. The van der Waals surface area contributed by atoms with Crippen LogP contribution in [-0.4, -0.2) is 43.9 Å². The van der Waals surface area contributed by atoms with E-state index in [0.717, 1.165) is 11.1 Å². The SMILES string of the molecule is CCOC(CN1C(=O)C(CC(=O)NCc2ccccc2)(NC(=O)Nc2ccc(C)cc2)c2ccccc21)OCC. The smallest absolute Gasteiger partial charge is 0.320 e. The van der Waals surface area contributed by atoms with Gasteiger partial charge in [-0.2, -0.15) is 0 Å². The fourth-order valence-electron chi connectivity index (χ4n) is 4.81. The average molecular weight is 545 g/mol. The zero-order valence-corrected chi connectivity index (χ0v) is 23.1. The Morgan fingerprint density at radius 3 is 2.23 bits per heavy atom. The summed E-state index contributed by atoms with van der Waals surface area (Å²) in [4.78, 5) is 42.5. The third-order valence-electron chi connectivity index (χ3n) is 6.70. The maximum Gasteiger partial charge on any atom is 0.320 e. The fourth-order valence-corrected chi connectivity index (χ4v) is 4.81. The van der Waals surface area contributed by atoms with Gasteiger partial charge in [-0.3, -0.25) is 9.59 Å². The van der Waals surface area contributed by atoms with Crippen LogP contribution in [-0.2, 0) is 31.1 Å². The van der Waals surface area contributed by atoms with E-state index in [1.807, 2.05) is 69.3 Å². The maximum absolute atomic E-state index is 14.3. The number of carbonyl (C=O) groups excluding carboxylic acids is 3. The van der Waals surface area contributed by atoms with Gasteiger partial charge in [-0.05, 0) is 44.5 Å². The molecule has 3 N–H and O–H groups in total. The molecule has 3 aromatic rings. The van der Waals surface area contributed by atoms with E-state index in [0.29, 0.717) is 36.7 Å². The van der Waals surface area contributed by atoms with Crippen LogP contribution in [0.5, 0.6) is 0 Å². The van der Waals surface area contributed by atoms with Gasteiger partial charge in [0.1, 0.15) is 0 Å². The van der Waals surface area contributed by atoms with Crippen LogP contribution in [0.25, 0.3) is 0 Å². The number of aryl methyl sites for hydroxylation is 1. The molecule has 40 heavy (non-hydrogen) atoms. The van der Waals surface area contributed by atoms with Crippen LogP contribution < -0.4 is 20.9 Å².